The lowest BCUT2D eigenvalue weighted by atomic mass is 9.77. The van der Waals surface area contributed by atoms with Crippen LogP contribution in [0.1, 0.15) is 43.0 Å². The van der Waals surface area contributed by atoms with Gasteiger partial charge in [-0.2, -0.15) is 0 Å². The molecule has 0 saturated heterocycles. The molecule has 0 heterocycles. The molecule has 0 spiro atoms. The van der Waals surface area contributed by atoms with Gasteiger partial charge in [0.1, 0.15) is 0 Å². The molecule has 4 aromatic carbocycles. The maximum Gasteiger partial charge on any atom is 0.194 e. The highest BCUT2D eigenvalue weighted by atomic mass is 16.1. The molecular formula is C24H16O2. The van der Waals surface area contributed by atoms with Crippen molar-refractivity contribution in [3.63, 3.8) is 0 Å². The highest BCUT2D eigenvalue weighted by molar-refractivity contribution is 6.32. The predicted octanol–water partition coefficient (Wildman–Crippen LogP) is 5.39. The minimum absolute atomic E-state index is 0.0493. The fraction of sp³-hybridized carbons (Fsp3) is 0.0833. The van der Waals surface area contributed by atoms with Crippen LogP contribution in [0.25, 0.3) is 21.5 Å². The molecule has 26 heavy (non-hydrogen) atoms. The average molecular weight is 336 g/mol. The Hall–Kier alpha value is -3.26. The second-order valence-electron chi connectivity index (χ2n) is 6.95. The summed E-state index contributed by atoms with van der Waals surface area (Å²) in [5, 5.41) is 4.03. The Morgan fingerprint density at radius 2 is 0.962 bits per heavy atom. The van der Waals surface area contributed by atoms with E-state index in [1.54, 1.807) is 0 Å². The van der Waals surface area contributed by atoms with E-state index in [2.05, 4.69) is 0 Å². The fourth-order valence-electron chi connectivity index (χ4n) is 4.27. The van der Waals surface area contributed by atoms with E-state index in [0.717, 1.165) is 32.7 Å². The Morgan fingerprint density at radius 1 is 0.577 bits per heavy atom. The van der Waals surface area contributed by atoms with Gasteiger partial charge in [0, 0.05) is 22.3 Å². The summed E-state index contributed by atoms with van der Waals surface area (Å²) in [4.78, 5) is 26.7. The molecule has 1 aliphatic rings. The molecule has 2 nitrogen and oxygen atoms in total. The maximum absolute atomic E-state index is 13.4. The lowest BCUT2D eigenvalue weighted by Crippen LogP contribution is -2.23. The van der Waals surface area contributed by atoms with Gasteiger partial charge >= 0.3 is 0 Å². The van der Waals surface area contributed by atoms with Crippen LogP contribution in [0.4, 0.5) is 0 Å². The summed E-state index contributed by atoms with van der Waals surface area (Å²) in [5.41, 5.74) is 3.92. The zero-order chi connectivity index (χ0) is 18.0. The first kappa shape index (κ1) is 15.0. The Bertz CT molecular complexity index is 1180. The topological polar surface area (TPSA) is 34.1 Å². The van der Waals surface area contributed by atoms with Crippen LogP contribution in [-0.4, -0.2) is 11.6 Å². The third kappa shape index (κ3) is 1.81. The highest BCUT2D eigenvalue weighted by Gasteiger charge is 2.33. The van der Waals surface area contributed by atoms with Gasteiger partial charge in [0.05, 0.1) is 0 Å². The van der Waals surface area contributed by atoms with Gasteiger partial charge in [-0.25, -0.2) is 0 Å². The zero-order valence-corrected chi connectivity index (χ0v) is 14.6. The van der Waals surface area contributed by atoms with E-state index < -0.39 is 0 Å². The SMILES string of the molecule is Cc1c2c(cc3ccccc13)C(=O)c1c(cc3ccccc3c1C)C2=O. The van der Waals surface area contributed by atoms with Crippen molar-refractivity contribution < 1.29 is 9.59 Å². The van der Waals surface area contributed by atoms with Crippen molar-refractivity contribution in [2.75, 3.05) is 0 Å². The smallest absolute Gasteiger partial charge is 0.194 e. The van der Waals surface area contributed by atoms with Gasteiger partial charge in [0.25, 0.3) is 0 Å². The van der Waals surface area contributed by atoms with Gasteiger partial charge < -0.3 is 0 Å². The average Bonchev–Trinajstić information content (AvgIpc) is 2.66. The summed E-state index contributed by atoms with van der Waals surface area (Å²) in [7, 11) is 0. The maximum atomic E-state index is 13.4. The van der Waals surface area contributed by atoms with Crippen LogP contribution in [0, 0.1) is 13.8 Å². The molecule has 5 rings (SSSR count). The molecule has 0 N–H and O–H groups in total. The summed E-state index contributed by atoms with van der Waals surface area (Å²) in [5.74, 6) is -0.0987. The van der Waals surface area contributed by atoms with E-state index in [1.807, 2.05) is 74.5 Å². The molecule has 0 radical (unpaired) electrons. The lowest BCUT2D eigenvalue weighted by molar-refractivity contribution is 0.0978. The number of rotatable bonds is 0. The van der Waals surface area contributed by atoms with Crippen molar-refractivity contribution >= 4 is 33.1 Å². The van der Waals surface area contributed by atoms with Gasteiger partial charge in [0.15, 0.2) is 11.6 Å². The monoisotopic (exact) mass is 336 g/mol. The van der Waals surface area contributed by atoms with Crippen molar-refractivity contribution in [2.24, 2.45) is 0 Å². The number of aryl methyl sites for hydroxylation is 2. The van der Waals surface area contributed by atoms with Crippen LogP contribution in [0.15, 0.2) is 60.7 Å². The van der Waals surface area contributed by atoms with E-state index in [1.165, 1.54) is 0 Å². The van der Waals surface area contributed by atoms with Crippen molar-refractivity contribution in [3.8, 4) is 0 Å². The lowest BCUT2D eigenvalue weighted by Gasteiger charge is -2.23. The summed E-state index contributed by atoms with van der Waals surface area (Å²) >= 11 is 0. The van der Waals surface area contributed by atoms with Gasteiger partial charge in [-0.15, -0.1) is 0 Å². The number of hydrogen-bond donors (Lipinski definition) is 0. The zero-order valence-electron chi connectivity index (χ0n) is 14.6. The summed E-state index contributed by atoms with van der Waals surface area (Å²) < 4.78 is 0. The molecule has 0 amide bonds. The molecular weight excluding hydrogens is 320 g/mol. The second kappa shape index (κ2) is 5.12. The van der Waals surface area contributed by atoms with E-state index in [4.69, 9.17) is 0 Å². The van der Waals surface area contributed by atoms with Crippen LogP contribution >= 0.6 is 0 Å². The van der Waals surface area contributed by atoms with Crippen LogP contribution in [0.3, 0.4) is 0 Å². The van der Waals surface area contributed by atoms with Gasteiger partial charge in [-0.3, -0.25) is 9.59 Å². The fourth-order valence-corrected chi connectivity index (χ4v) is 4.27. The molecule has 124 valence electrons. The Labute approximate surface area is 151 Å². The first-order chi connectivity index (χ1) is 12.6. The van der Waals surface area contributed by atoms with Crippen molar-refractivity contribution in [1.29, 1.82) is 0 Å². The summed E-state index contributed by atoms with van der Waals surface area (Å²) in [6.45, 7) is 3.87. The number of carbonyl (C=O) groups is 2. The molecule has 0 fully saturated rings. The quantitative estimate of drug-likeness (QED) is 0.380. The van der Waals surface area contributed by atoms with Crippen molar-refractivity contribution in [3.05, 3.63) is 94.0 Å². The Kier molecular flexibility index (Phi) is 2.96. The van der Waals surface area contributed by atoms with Gasteiger partial charge in [-0.05, 0) is 58.7 Å². The van der Waals surface area contributed by atoms with Crippen LogP contribution in [0.2, 0.25) is 0 Å². The number of fused-ring (bicyclic) bond motifs is 4. The molecule has 0 atom stereocenters. The highest BCUT2D eigenvalue weighted by Crippen LogP contribution is 2.37. The summed E-state index contributed by atoms with van der Waals surface area (Å²) in [6.07, 6.45) is 0. The standard InChI is InChI=1S/C24H16O2/c1-13-17-9-5-3-7-15(17)11-19-21(13)23(25)20-12-16-8-4-6-10-18(16)14(2)22(20)24(19)26/h3-12H,1-2H3. The van der Waals surface area contributed by atoms with Crippen molar-refractivity contribution in [1.82, 2.24) is 0 Å². The molecule has 0 aromatic heterocycles. The van der Waals surface area contributed by atoms with Crippen LogP contribution in [-0.2, 0) is 0 Å². The van der Waals surface area contributed by atoms with Crippen molar-refractivity contribution in [2.45, 2.75) is 13.8 Å². The van der Waals surface area contributed by atoms with Crippen LogP contribution < -0.4 is 0 Å². The largest absolute Gasteiger partial charge is 0.289 e. The molecule has 0 saturated carbocycles. The third-order valence-electron chi connectivity index (χ3n) is 5.56. The number of benzene rings is 4. The molecule has 0 bridgehead atoms. The van der Waals surface area contributed by atoms with E-state index in [-0.39, 0.29) is 11.6 Å². The Morgan fingerprint density at radius 3 is 1.38 bits per heavy atom. The molecule has 0 aliphatic heterocycles. The minimum atomic E-state index is -0.0493. The molecule has 4 aromatic rings. The second-order valence-corrected chi connectivity index (χ2v) is 6.95. The minimum Gasteiger partial charge on any atom is -0.289 e. The predicted molar refractivity (Wildman–Crippen MR) is 104 cm³/mol. The van der Waals surface area contributed by atoms with Gasteiger partial charge in [-0.1, -0.05) is 48.5 Å². The van der Waals surface area contributed by atoms with Crippen LogP contribution in [0.5, 0.6) is 0 Å². The number of carbonyl (C=O) groups excluding carboxylic acids is 2. The van der Waals surface area contributed by atoms with E-state index in [0.29, 0.717) is 22.3 Å². The Balaban J connectivity index is 1.92. The molecule has 0 unspecified atom stereocenters. The van der Waals surface area contributed by atoms with Gasteiger partial charge in [0.2, 0.25) is 0 Å². The molecule has 2 heteroatoms. The first-order valence-corrected chi connectivity index (χ1v) is 8.72. The third-order valence-corrected chi connectivity index (χ3v) is 5.56. The number of hydrogen-bond acceptors (Lipinski definition) is 2. The first-order valence-electron chi connectivity index (χ1n) is 8.72. The summed E-state index contributed by atoms with van der Waals surface area (Å²) in [6, 6.07) is 19.6. The molecule has 1 aliphatic carbocycles. The normalized spacial score (nSPS) is 13.2. The van der Waals surface area contributed by atoms with E-state index >= 15 is 0 Å². The van der Waals surface area contributed by atoms with E-state index in [9.17, 15) is 9.59 Å². The number of ketones is 2.